The van der Waals surface area contributed by atoms with Crippen molar-refractivity contribution in [3.05, 3.63) is 24.0 Å². The summed E-state index contributed by atoms with van der Waals surface area (Å²) in [6.45, 7) is 4.85. The topological polar surface area (TPSA) is 41.6 Å². The lowest BCUT2D eigenvalue weighted by Gasteiger charge is -2.34. The first-order valence-corrected chi connectivity index (χ1v) is 6.45. The van der Waals surface area contributed by atoms with Crippen LogP contribution in [0.5, 0.6) is 5.75 Å². The summed E-state index contributed by atoms with van der Waals surface area (Å²) >= 11 is 0. The number of nitrogens with one attached hydrogen (secondary N) is 1. The number of hydrogen-bond donors (Lipinski definition) is 1. The van der Waals surface area contributed by atoms with Crippen LogP contribution in [0.25, 0.3) is 0 Å². The van der Waals surface area contributed by atoms with Gasteiger partial charge in [0, 0.05) is 18.5 Å². The molecule has 4 nitrogen and oxygen atoms in total. The Morgan fingerprint density at radius 2 is 2.30 bits per heavy atom. The molecule has 0 fully saturated rings. The van der Waals surface area contributed by atoms with Gasteiger partial charge in [0.2, 0.25) is 5.91 Å². The van der Waals surface area contributed by atoms with Crippen LogP contribution in [0.3, 0.4) is 0 Å². The fourth-order valence-corrected chi connectivity index (χ4v) is 2.28. The van der Waals surface area contributed by atoms with Crippen molar-refractivity contribution in [1.29, 1.82) is 0 Å². The standard InChI is InChI=1S/C14H19FN2O2.ClH/c1-9(7-16-3)14(18)17-8-10(2)19-13-6-11(15)4-5-12(13)17;/h4-6,9-10,16H,7-8H2,1-3H3;1H. The molecular weight excluding hydrogens is 283 g/mol. The van der Waals surface area contributed by atoms with Crippen molar-refractivity contribution < 1.29 is 13.9 Å². The Labute approximate surface area is 124 Å². The molecule has 20 heavy (non-hydrogen) atoms. The lowest BCUT2D eigenvalue weighted by Crippen LogP contribution is -2.46. The number of benzene rings is 1. The van der Waals surface area contributed by atoms with E-state index in [4.69, 9.17) is 4.74 Å². The molecule has 0 aliphatic carbocycles. The molecule has 1 aliphatic rings. The molecule has 2 rings (SSSR count). The second kappa shape index (κ2) is 6.90. The first kappa shape index (κ1) is 16.7. The fraction of sp³-hybridized carbons (Fsp3) is 0.500. The molecule has 6 heteroatoms. The van der Waals surface area contributed by atoms with E-state index in [0.29, 0.717) is 24.5 Å². The average Bonchev–Trinajstić information content (AvgIpc) is 2.36. The zero-order valence-electron chi connectivity index (χ0n) is 11.9. The highest BCUT2D eigenvalue weighted by molar-refractivity contribution is 5.96. The number of amides is 1. The first-order valence-electron chi connectivity index (χ1n) is 6.45. The molecule has 2 unspecified atom stereocenters. The van der Waals surface area contributed by atoms with Crippen LogP contribution >= 0.6 is 12.4 Å². The van der Waals surface area contributed by atoms with Crippen molar-refractivity contribution >= 4 is 24.0 Å². The van der Waals surface area contributed by atoms with E-state index in [1.54, 1.807) is 11.0 Å². The summed E-state index contributed by atoms with van der Waals surface area (Å²) in [4.78, 5) is 14.1. The van der Waals surface area contributed by atoms with E-state index in [-0.39, 0.29) is 36.2 Å². The van der Waals surface area contributed by atoms with Crippen molar-refractivity contribution in [2.75, 3.05) is 25.0 Å². The molecule has 112 valence electrons. The third-order valence-electron chi connectivity index (χ3n) is 3.18. The molecule has 1 aliphatic heterocycles. The summed E-state index contributed by atoms with van der Waals surface area (Å²) in [6, 6.07) is 4.27. The van der Waals surface area contributed by atoms with Crippen LogP contribution in [0.2, 0.25) is 0 Å². The summed E-state index contributed by atoms with van der Waals surface area (Å²) in [5, 5.41) is 2.99. The highest BCUT2D eigenvalue weighted by atomic mass is 35.5. The number of hydrogen-bond acceptors (Lipinski definition) is 3. The van der Waals surface area contributed by atoms with Gasteiger partial charge in [0.1, 0.15) is 17.7 Å². The lowest BCUT2D eigenvalue weighted by atomic mass is 10.1. The maximum absolute atomic E-state index is 13.2. The molecule has 0 spiro atoms. The number of ether oxygens (including phenoxy) is 1. The van der Waals surface area contributed by atoms with Crippen LogP contribution in [0.4, 0.5) is 10.1 Å². The van der Waals surface area contributed by atoms with Gasteiger partial charge in [-0.2, -0.15) is 0 Å². The maximum atomic E-state index is 13.2. The largest absolute Gasteiger partial charge is 0.487 e. The minimum absolute atomic E-state index is 0. The predicted molar refractivity (Wildman–Crippen MR) is 79.2 cm³/mol. The molecule has 0 saturated heterocycles. The Morgan fingerprint density at radius 3 is 2.95 bits per heavy atom. The van der Waals surface area contributed by atoms with Gasteiger partial charge >= 0.3 is 0 Å². The van der Waals surface area contributed by atoms with Gasteiger partial charge in [-0.25, -0.2) is 4.39 Å². The van der Waals surface area contributed by atoms with Crippen LogP contribution in [0.15, 0.2) is 18.2 Å². The normalized spacial score (nSPS) is 18.6. The van der Waals surface area contributed by atoms with Crippen molar-refractivity contribution in [2.24, 2.45) is 5.92 Å². The number of carbonyl (C=O) groups is 1. The number of carbonyl (C=O) groups excluding carboxylic acids is 1. The van der Waals surface area contributed by atoms with E-state index in [1.807, 2.05) is 20.9 Å². The SMILES string of the molecule is CNCC(C)C(=O)N1CC(C)Oc2cc(F)ccc21.Cl. The quantitative estimate of drug-likeness (QED) is 0.931. The smallest absolute Gasteiger partial charge is 0.231 e. The zero-order valence-corrected chi connectivity index (χ0v) is 12.7. The van der Waals surface area contributed by atoms with Crippen LogP contribution in [-0.4, -0.2) is 32.1 Å². The van der Waals surface area contributed by atoms with Crippen LogP contribution in [-0.2, 0) is 4.79 Å². The number of fused-ring (bicyclic) bond motifs is 1. The molecule has 1 N–H and O–H groups in total. The summed E-state index contributed by atoms with van der Waals surface area (Å²) in [7, 11) is 1.81. The number of anilines is 1. The van der Waals surface area contributed by atoms with Crippen LogP contribution in [0, 0.1) is 11.7 Å². The van der Waals surface area contributed by atoms with E-state index < -0.39 is 0 Å². The van der Waals surface area contributed by atoms with Gasteiger partial charge in [0.15, 0.2) is 0 Å². The van der Waals surface area contributed by atoms with Crippen molar-refractivity contribution in [1.82, 2.24) is 5.32 Å². The minimum atomic E-state index is -0.358. The summed E-state index contributed by atoms with van der Waals surface area (Å²) in [5.41, 5.74) is 0.646. The summed E-state index contributed by atoms with van der Waals surface area (Å²) < 4.78 is 18.8. The second-order valence-electron chi connectivity index (χ2n) is 4.95. The molecule has 1 aromatic carbocycles. The van der Waals surface area contributed by atoms with E-state index in [0.717, 1.165) is 0 Å². The molecule has 1 heterocycles. The highest BCUT2D eigenvalue weighted by Crippen LogP contribution is 2.34. The molecule has 0 bridgehead atoms. The minimum Gasteiger partial charge on any atom is -0.487 e. The van der Waals surface area contributed by atoms with E-state index >= 15 is 0 Å². The zero-order chi connectivity index (χ0) is 14.0. The Kier molecular flexibility index (Phi) is 5.77. The molecule has 2 atom stereocenters. The Morgan fingerprint density at radius 1 is 1.60 bits per heavy atom. The average molecular weight is 303 g/mol. The Bertz CT molecular complexity index is 484. The third kappa shape index (κ3) is 3.41. The number of rotatable bonds is 3. The van der Waals surface area contributed by atoms with Gasteiger partial charge in [-0.05, 0) is 26.1 Å². The fourth-order valence-electron chi connectivity index (χ4n) is 2.28. The molecular formula is C14H20ClFN2O2. The molecule has 1 aromatic rings. The van der Waals surface area contributed by atoms with Crippen molar-refractivity contribution in [3.8, 4) is 5.75 Å². The van der Waals surface area contributed by atoms with Crippen molar-refractivity contribution in [3.63, 3.8) is 0 Å². The Hall–Kier alpha value is -1.33. The monoisotopic (exact) mass is 302 g/mol. The summed E-state index contributed by atoms with van der Waals surface area (Å²) in [6.07, 6.45) is -0.139. The first-order chi connectivity index (χ1) is 9.02. The van der Waals surface area contributed by atoms with Crippen molar-refractivity contribution in [2.45, 2.75) is 20.0 Å². The van der Waals surface area contributed by atoms with Gasteiger partial charge in [0.25, 0.3) is 0 Å². The van der Waals surface area contributed by atoms with Crippen LogP contribution in [0.1, 0.15) is 13.8 Å². The second-order valence-corrected chi connectivity index (χ2v) is 4.95. The van der Waals surface area contributed by atoms with E-state index in [9.17, 15) is 9.18 Å². The molecule has 0 saturated carbocycles. The van der Waals surface area contributed by atoms with E-state index in [2.05, 4.69) is 5.32 Å². The molecule has 0 radical (unpaired) electrons. The number of halogens is 2. The Balaban J connectivity index is 0.00000200. The number of nitrogens with zero attached hydrogens (tertiary/aromatic N) is 1. The van der Waals surface area contributed by atoms with Gasteiger partial charge in [-0.1, -0.05) is 6.92 Å². The van der Waals surface area contributed by atoms with E-state index in [1.165, 1.54) is 12.1 Å². The van der Waals surface area contributed by atoms with Crippen LogP contribution < -0.4 is 15.0 Å². The molecule has 0 aromatic heterocycles. The van der Waals surface area contributed by atoms with Gasteiger partial charge in [-0.3, -0.25) is 4.79 Å². The lowest BCUT2D eigenvalue weighted by molar-refractivity contribution is -0.122. The van der Waals surface area contributed by atoms with Gasteiger partial charge < -0.3 is 15.0 Å². The molecule has 1 amide bonds. The van der Waals surface area contributed by atoms with Gasteiger partial charge in [-0.15, -0.1) is 12.4 Å². The maximum Gasteiger partial charge on any atom is 0.231 e. The third-order valence-corrected chi connectivity index (χ3v) is 3.18. The predicted octanol–water partition coefficient (Wildman–Crippen LogP) is 2.22. The highest BCUT2D eigenvalue weighted by Gasteiger charge is 2.30. The summed E-state index contributed by atoms with van der Waals surface area (Å²) in [5.74, 6) is -0.0298. The van der Waals surface area contributed by atoms with Gasteiger partial charge in [0.05, 0.1) is 12.2 Å².